The molecular formula is C27H32N4O3. The first-order valence-electron chi connectivity index (χ1n) is 11.8. The van der Waals surface area contributed by atoms with Gasteiger partial charge in [-0.05, 0) is 60.2 Å². The quantitative estimate of drug-likeness (QED) is 0.538. The maximum absolute atomic E-state index is 12.8. The highest BCUT2D eigenvalue weighted by atomic mass is 16.5. The van der Waals surface area contributed by atoms with Crippen LogP contribution in [0.2, 0.25) is 0 Å². The molecule has 0 unspecified atom stereocenters. The van der Waals surface area contributed by atoms with Crippen LogP contribution in [-0.2, 0) is 11.8 Å². The van der Waals surface area contributed by atoms with Crippen molar-refractivity contribution in [3.8, 4) is 11.5 Å². The van der Waals surface area contributed by atoms with Crippen LogP contribution >= 0.6 is 0 Å². The topological polar surface area (TPSA) is 79.5 Å². The number of nitrogens with zero attached hydrogens (tertiary/aromatic N) is 4. The monoisotopic (exact) mass is 460 g/mol. The molecule has 0 spiro atoms. The lowest BCUT2D eigenvalue weighted by molar-refractivity contribution is 0.0786. The van der Waals surface area contributed by atoms with Gasteiger partial charge < -0.3 is 14.3 Å². The molecule has 4 rings (SSSR count). The van der Waals surface area contributed by atoms with Crippen molar-refractivity contribution in [3.05, 3.63) is 71.0 Å². The van der Waals surface area contributed by atoms with Crippen LogP contribution in [0.1, 0.15) is 65.7 Å². The molecule has 1 saturated heterocycles. The van der Waals surface area contributed by atoms with Crippen molar-refractivity contribution in [2.45, 2.75) is 45.4 Å². The molecule has 34 heavy (non-hydrogen) atoms. The average Bonchev–Trinajstić information content (AvgIpc) is 3.54. The first-order chi connectivity index (χ1) is 16.2. The minimum atomic E-state index is -0.0394. The molecule has 2 amide bonds. The average molecular weight is 461 g/mol. The van der Waals surface area contributed by atoms with Crippen LogP contribution in [0.4, 0.5) is 0 Å². The first-order valence-corrected chi connectivity index (χ1v) is 11.8. The predicted octanol–water partition coefficient (Wildman–Crippen LogP) is 4.58. The summed E-state index contributed by atoms with van der Waals surface area (Å²) in [6, 6.07) is 15.0. The van der Waals surface area contributed by atoms with Crippen molar-refractivity contribution >= 4 is 11.8 Å². The van der Waals surface area contributed by atoms with Crippen molar-refractivity contribution in [2.75, 3.05) is 26.7 Å². The molecule has 1 aliphatic rings. The Morgan fingerprint density at radius 2 is 1.59 bits per heavy atom. The van der Waals surface area contributed by atoms with Crippen LogP contribution in [0.15, 0.2) is 53.1 Å². The largest absolute Gasteiger partial charge is 0.341 e. The molecule has 178 valence electrons. The van der Waals surface area contributed by atoms with Crippen molar-refractivity contribution < 1.29 is 14.1 Å². The summed E-state index contributed by atoms with van der Waals surface area (Å²) in [5.74, 6) is 0.968. The van der Waals surface area contributed by atoms with Gasteiger partial charge >= 0.3 is 0 Å². The number of amides is 2. The standard InChI is InChI=1S/C27H32N4O3/c1-27(2,3)22-13-11-20(12-14-22)25(32)30(4)18-15-23-28-24(34-29-23)19-7-9-21(10-8-19)26(33)31-16-5-6-17-31/h7-14H,5-6,15-18H2,1-4H3. The minimum absolute atomic E-state index is 0.0394. The van der Waals surface area contributed by atoms with Crippen molar-refractivity contribution in [3.63, 3.8) is 0 Å². The van der Waals surface area contributed by atoms with Crippen LogP contribution in [-0.4, -0.2) is 58.4 Å². The lowest BCUT2D eigenvalue weighted by atomic mass is 9.86. The highest BCUT2D eigenvalue weighted by Crippen LogP contribution is 2.23. The van der Waals surface area contributed by atoms with Gasteiger partial charge in [0.25, 0.3) is 17.7 Å². The molecule has 0 bridgehead atoms. The first kappa shape index (κ1) is 23.7. The second kappa shape index (κ2) is 9.79. The number of likely N-dealkylation sites (tertiary alicyclic amines) is 1. The molecule has 7 heteroatoms. The van der Waals surface area contributed by atoms with E-state index in [0.717, 1.165) is 31.5 Å². The van der Waals surface area contributed by atoms with Crippen LogP contribution in [0.3, 0.4) is 0 Å². The third kappa shape index (κ3) is 5.35. The molecule has 1 aliphatic heterocycles. The number of rotatable bonds is 6. The smallest absolute Gasteiger partial charge is 0.257 e. The summed E-state index contributed by atoms with van der Waals surface area (Å²) in [7, 11) is 1.77. The van der Waals surface area contributed by atoms with E-state index in [1.807, 2.05) is 41.3 Å². The Bertz CT molecular complexity index is 1140. The van der Waals surface area contributed by atoms with Crippen LogP contribution in [0.25, 0.3) is 11.5 Å². The van der Waals surface area contributed by atoms with Crippen molar-refractivity contribution in [1.29, 1.82) is 0 Å². The number of aromatic nitrogens is 2. The molecule has 0 saturated carbocycles. The zero-order chi connectivity index (χ0) is 24.3. The number of hydrogen-bond acceptors (Lipinski definition) is 5. The third-order valence-electron chi connectivity index (χ3n) is 6.26. The second-order valence-electron chi connectivity index (χ2n) is 9.90. The lowest BCUT2D eigenvalue weighted by Gasteiger charge is -2.20. The van der Waals surface area contributed by atoms with Gasteiger partial charge in [-0.2, -0.15) is 4.98 Å². The van der Waals surface area contributed by atoms with Gasteiger partial charge in [0.15, 0.2) is 5.82 Å². The van der Waals surface area contributed by atoms with E-state index in [0.29, 0.717) is 35.8 Å². The molecule has 0 aliphatic carbocycles. The van der Waals surface area contributed by atoms with Gasteiger partial charge in [0.05, 0.1) is 0 Å². The zero-order valence-corrected chi connectivity index (χ0v) is 20.4. The Kier molecular flexibility index (Phi) is 6.82. The van der Waals surface area contributed by atoms with E-state index >= 15 is 0 Å². The van der Waals surface area contributed by atoms with Gasteiger partial charge in [-0.3, -0.25) is 9.59 Å². The molecule has 1 fully saturated rings. The van der Waals surface area contributed by atoms with Gasteiger partial charge in [0, 0.05) is 49.8 Å². The second-order valence-corrected chi connectivity index (χ2v) is 9.90. The summed E-state index contributed by atoms with van der Waals surface area (Å²) in [6.07, 6.45) is 2.62. The maximum atomic E-state index is 12.8. The summed E-state index contributed by atoms with van der Waals surface area (Å²) in [5.41, 5.74) is 3.33. The normalized spacial score (nSPS) is 13.8. The van der Waals surface area contributed by atoms with E-state index in [9.17, 15) is 9.59 Å². The Morgan fingerprint density at radius 1 is 0.971 bits per heavy atom. The number of carbonyl (C=O) groups excluding carboxylic acids is 2. The Labute approximate surface area is 200 Å². The number of carbonyl (C=O) groups is 2. The van der Waals surface area contributed by atoms with Crippen molar-refractivity contribution in [1.82, 2.24) is 19.9 Å². The minimum Gasteiger partial charge on any atom is -0.341 e. The summed E-state index contributed by atoms with van der Waals surface area (Å²) < 4.78 is 5.41. The Morgan fingerprint density at radius 3 is 2.21 bits per heavy atom. The summed E-state index contributed by atoms with van der Waals surface area (Å²) in [6.45, 7) is 8.58. The molecule has 2 heterocycles. The molecule has 0 N–H and O–H groups in total. The van der Waals surface area contributed by atoms with Gasteiger partial charge in [-0.15, -0.1) is 0 Å². The van der Waals surface area contributed by atoms with Crippen LogP contribution in [0.5, 0.6) is 0 Å². The van der Waals surface area contributed by atoms with Gasteiger partial charge in [0.2, 0.25) is 0 Å². The fourth-order valence-electron chi connectivity index (χ4n) is 4.03. The molecule has 2 aromatic carbocycles. The number of hydrogen-bond donors (Lipinski definition) is 0. The van der Waals surface area contributed by atoms with E-state index < -0.39 is 0 Å². The molecular weight excluding hydrogens is 428 g/mol. The third-order valence-corrected chi connectivity index (χ3v) is 6.26. The van der Waals surface area contributed by atoms with Crippen LogP contribution in [0, 0.1) is 0 Å². The number of likely N-dealkylation sites (N-methyl/N-ethyl adjacent to an activating group) is 1. The van der Waals surface area contributed by atoms with E-state index in [-0.39, 0.29) is 17.2 Å². The maximum Gasteiger partial charge on any atom is 0.257 e. The van der Waals surface area contributed by atoms with Gasteiger partial charge in [0.1, 0.15) is 0 Å². The summed E-state index contributed by atoms with van der Waals surface area (Å²) in [5, 5.41) is 4.06. The molecule has 7 nitrogen and oxygen atoms in total. The molecule has 0 atom stereocenters. The Hall–Kier alpha value is -3.48. The summed E-state index contributed by atoms with van der Waals surface area (Å²) in [4.78, 5) is 33.3. The summed E-state index contributed by atoms with van der Waals surface area (Å²) >= 11 is 0. The highest BCUT2D eigenvalue weighted by molar-refractivity contribution is 5.95. The molecule has 3 aromatic rings. The molecule has 0 radical (unpaired) electrons. The zero-order valence-electron chi connectivity index (χ0n) is 20.4. The van der Waals surface area contributed by atoms with Crippen molar-refractivity contribution in [2.24, 2.45) is 0 Å². The Balaban J connectivity index is 1.33. The van der Waals surface area contributed by atoms with E-state index in [4.69, 9.17) is 4.52 Å². The van der Waals surface area contributed by atoms with E-state index in [2.05, 4.69) is 30.9 Å². The fraction of sp³-hybridized carbons (Fsp3) is 0.407. The van der Waals surface area contributed by atoms with Crippen LogP contribution < -0.4 is 0 Å². The lowest BCUT2D eigenvalue weighted by Crippen LogP contribution is -2.29. The fourth-order valence-corrected chi connectivity index (χ4v) is 4.03. The van der Waals surface area contributed by atoms with Gasteiger partial charge in [-0.25, -0.2) is 0 Å². The van der Waals surface area contributed by atoms with E-state index in [1.54, 1.807) is 24.1 Å². The predicted molar refractivity (Wildman–Crippen MR) is 131 cm³/mol. The molecule has 1 aromatic heterocycles. The SMILES string of the molecule is CN(CCc1noc(-c2ccc(C(=O)N3CCCC3)cc2)n1)C(=O)c1ccc(C(C)(C)C)cc1. The van der Waals surface area contributed by atoms with E-state index in [1.165, 1.54) is 5.56 Å². The van der Waals surface area contributed by atoms with Gasteiger partial charge in [-0.1, -0.05) is 38.1 Å². The number of benzene rings is 2. The highest BCUT2D eigenvalue weighted by Gasteiger charge is 2.20.